The van der Waals surface area contributed by atoms with Crippen LogP contribution in [0.3, 0.4) is 0 Å². The van der Waals surface area contributed by atoms with Gasteiger partial charge in [-0.3, -0.25) is 9.59 Å². The predicted molar refractivity (Wildman–Crippen MR) is 77.2 cm³/mol. The number of carboxylic acid groups (broad SMARTS) is 1. The number of aliphatic hydroxyl groups is 1. The van der Waals surface area contributed by atoms with Crippen LogP contribution in [0.1, 0.15) is 28.9 Å². The van der Waals surface area contributed by atoms with Crippen molar-refractivity contribution < 1.29 is 24.6 Å². The number of amides is 2. The molecular formula is C13H18N2O5S. The molecule has 0 radical (unpaired) electrons. The van der Waals surface area contributed by atoms with Crippen LogP contribution in [0.2, 0.25) is 0 Å². The van der Waals surface area contributed by atoms with Gasteiger partial charge in [0.25, 0.3) is 5.91 Å². The standard InChI is InChI=1S/C13H18N2O5S/c16-9(13(19)20)5-7-14-11(17)4-1-6-15-12(18)10-3-2-8-21-10/h2-3,8-9,16H,1,4-7H2,(H,14,17)(H,15,18)(H,19,20). The minimum Gasteiger partial charge on any atom is -0.479 e. The van der Waals surface area contributed by atoms with Crippen molar-refractivity contribution in [3.63, 3.8) is 0 Å². The number of hydrogen-bond donors (Lipinski definition) is 4. The zero-order chi connectivity index (χ0) is 15.7. The smallest absolute Gasteiger partial charge is 0.332 e. The van der Waals surface area contributed by atoms with Crippen molar-refractivity contribution in [2.45, 2.75) is 25.4 Å². The lowest BCUT2D eigenvalue weighted by Crippen LogP contribution is -2.30. The fraction of sp³-hybridized carbons (Fsp3) is 0.462. The van der Waals surface area contributed by atoms with Gasteiger partial charge >= 0.3 is 5.97 Å². The first-order valence-corrected chi connectivity index (χ1v) is 7.38. The zero-order valence-corrected chi connectivity index (χ0v) is 12.2. The van der Waals surface area contributed by atoms with Gasteiger partial charge in [-0.25, -0.2) is 4.79 Å². The largest absolute Gasteiger partial charge is 0.479 e. The van der Waals surface area contributed by atoms with Crippen molar-refractivity contribution >= 4 is 29.1 Å². The van der Waals surface area contributed by atoms with E-state index in [0.29, 0.717) is 17.8 Å². The molecule has 4 N–H and O–H groups in total. The topological polar surface area (TPSA) is 116 Å². The average molecular weight is 314 g/mol. The number of carbonyl (C=O) groups excluding carboxylic acids is 2. The molecule has 1 atom stereocenters. The Morgan fingerprint density at radius 1 is 1.24 bits per heavy atom. The molecule has 0 saturated heterocycles. The third-order valence-corrected chi connectivity index (χ3v) is 3.50. The van der Waals surface area contributed by atoms with E-state index in [0.717, 1.165) is 0 Å². The first kappa shape index (κ1) is 17.1. The Labute approximate surface area is 126 Å². The summed E-state index contributed by atoms with van der Waals surface area (Å²) in [5, 5.41) is 24.5. The molecule has 1 aromatic heterocycles. The molecule has 0 fully saturated rings. The number of thiophene rings is 1. The Morgan fingerprint density at radius 3 is 2.62 bits per heavy atom. The summed E-state index contributed by atoms with van der Waals surface area (Å²) in [7, 11) is 0. The van der Waals surface area contributed by atoms with Crippen LogP contribution in [0.4, 0.5) is 0 Å². The van der Waals surface area contributed by atoms with E-state index in [1.54, 1.807) is 12.1 Å². The van der Waals surface area contributed by atoms with Gasteiger partial charge in [0, 0.05) is 25.9 Å². The molecule has 1 rings (SSSR count). The Balaban J connectivity index is 2.06. The summed E-state index contributed by atoms with van der Waals surface area (Å²) in [5.74, 6) is -1.70. The van der Waals surface area contributed by atoms with Crippen LogP contribution in [0.5, 0.6) is 0 Å². The van der Waals surface area contributed by atoms with E-state index in [4.69, 9.17) is 10.2 Å². The van der Waals surface area contributed by atoms with Gasteiger partial charge in [-0.2, -0.15) is 0 Å². The Hall–Kier alpha value is -1.93. The third-order valence-electron chi connectivity index (χ3n) is 2.64. The lowest BCUT2D eigenvalue weighted by atomic mass is 10.2. The highest BCUT2D eigenvalue weighted by atomic mass is 32.1. The van der Waals surface area contributed by atoms with Gasteiger partial charge in [-0.1, -0.05) is 6.07 Å². The molecule has 0 bridgehead atoms. The molecular weight excluding hydrogens is 296 g/mol. The molecule has 8 heteroatoms. The number of rotatable bonds is 9. The van der Waals surface area contributed by atoms with Gasteiger partial charge in [-0.05, 0) is 17.9 Å². The van der Waals surface area contributed by atoms with Gasteiger partial charge in [0.05, 0.1) is 4.88 Å². The molecule has 0 spiro atoms. The second-order valence-corrected chi connectivity index (χ2v) is 5.28. The fourth-order valence-electron chi connectivity index (χ4n) is 1.51. The van der Waals surface area contributed by atoms with Crippen LogP contribution in [0, 0.1) is 0 Å². The summed E-state index contributed by atoms with van der Waals surface area (Å²) in [4.78, 5) is 34.0. The van der Waals surface area contributed by atoms with E-state index in [2.05, 4.69) is 10.6 Å². The maximum Gasteiger partial charge on any atom is 0.332 e. The molecule has 0 aliphatic rings. The van der Waals surface area contributed by atoms with Gasteiger partial charge in [0.15, 0.2) is 6.10 Å². The second kappa shape index (κ2) is 9.09. The number of carboxylic acids is 1. The van der Waals surface area contributed by atoms with Gasteiger partial charge in [0.2, 0.25) is 5.91 Å². The average Bonchev–Trinajstić information content (AvgIpc) is 2.97. The van der Waals surface area contributed by atoms with Crippen molar-refractivity contribution in [1.29, 1.82) is 0 Å². The molecule has 7 nitrogen and oxygen atoms in total. The SMILES string of the molecule is O=C(CCCNC(=O)c1cccs1)NCCC(O)C(=O)O. The van der Waals surface area contributed by atoms with Gasteiger partial charge in [0.1, 0.15) is 0 Å². The lowest BCUT2D eigenvalue weighted by Gasteiger charge is -2.07. The van der Waals surface area contributed by atoms with Crippen LogP contribution >= 0.6 is 11.3 Å². The second-order valence-electron chi connectivity index (χ2n) is 4.33. The number of aliphatic hydroxyl groups excluding tert-OH is 1. The van der Waals surface area contributed by atoms with E-state index in [9.17, 15) is 14.4 Å². The highest BCUT2D eigenvalue weighted by Crippen LogP contribution is 2.07. The summed E-state index contributed by atoms with van der Waals surface area (Å²) < 4.78 is 0. The number of nitrogens with one attached hydrogen (secondary N) is 2. The highest BCUT2D eigenvalue weighted by molar-refractivity contribution is 7.12. The van der Waals surface area contributed by atoms with Crippen LogP contribution in [-0.2, 0) is 9.59 Å². The number of hydrogen-bond acceptors (Lipinski definition) is 5. The van der Waals surface area contributed by atoms with Crippen molar-refractivity contribution in [3.8, 4) is 0 Å². The molecule has 21 heavy (non-hydrogen) atoms. The van der Waals surface area contributed by atoms with Crippen LogP contribution < -0.4 is 10.6 Å². The fourth-order valence-corrected chi connectivity index (χ4v) is 2.15. The predicted octanol–water partition coefficient (Wildman–Crippen LogP) is 0.210. The molecule has 1 unspecified atom stereocenters. The van der Waals surface area contributed by atoms with Crippen LogP contribution in [0.25, 0.3) is 0 Å². The van der Waals surface area contributed by atoms with E-state index in [1.807, 2.05) is 5.38 Å². The van der Waals surface area contributed by atoms with Gasteiger partial charge < -0.3 is 20.8 Å². The monoisotopic (exact) mass is 314 g/mol. The minimum atomic E-state index is -1.46. The van der Waals surface area contributed by atoms with Crippen LogP contribution in [0.15, 0.2) is 17.5 Å². The summed E-state index contributed by atoms with van der Waals surface area (Å²) in [5.41, 5.74) is 0. The quantitative estimate of drug-likeness (QED) is 0.486. The molecule has 2 amide bonds. The normalized spacial score (nSPS) is 11.7. The van der Waals surface area contributed by atoms with Crippen molar-refractivity contribution in [2.24, 2.45) is 0 Å². The Morgan fingerprint density at radius 2 is 2.00 bits per heavy atom. The third kappa shape index (κ3) is 6.87. The van der Waals surface area contributed by atoms with E-state index in [-0.39, 0.29) is 31.2 Å². The summed E-state index contributed by atoms with van der Waals surface area (Å²) in [6.45, 7) is 0.496. The highest BCUT2D eigenvalue weighted by Gasteiger charge is 2.12. The van der Waals surface area contributed by atoms with Crippen LogP contribution in [-0.4, -0.2) is 47.2 Å². The van der Waals surface area contributed by atoms with Crippen molar-refractivity contribution in [2.75, 3.05) is 13.1 Å². The molecule has 0 saturated carbocycles. The molecule has 1 heterocycles. The number of aliphatic carboxylic acids is 1. The van der Waals surface area contributed by atoms with E-state index < -0.39 is 12.1 Å². The number of carbonyl (C=O) groups is 3. The molecule has 0 aromatic carbocycles. The first-order valence-electron chi connectivity index (χ1n) is 6.50. The molecule has 0 aliphatic heterocycles. The van der Waals surface area contributed by atoms with E-state index in [1.165, 1.54) is 11.3 Å². The molecule has 1 aromatic rings. The molecule has 0 aliphatic carbocycles. The summed E-state index contributed by atoms with van der Waals surface area (Å²) in [6, 6.07) is 3.51. The Bertz CT molecular complexity index is 475. The maximum atomic E-state index is 11.6. The zero-order valence-electron chi connectivity index (χ0n) is 11.4. The summed E-state index contributed by atoms with van der Waals surface area (Å²) >= 11 is 1.35. The summed E-state index contributed by atoms with van der Waals surface area (Å²) in [6.07, 6.45) is -0.774. The van der Waals surface area contributed by atoms with Gasteiger partial charge in [-0.15, -0.1) is 11.3 Å². The van der Waals surface area contributed by atoms with E-state index >= 15 is 0 Å². The van der Waals surface area contributed by atoms with Crippen molar-refractivity contribution in [3.05, 3.63) is 22.4 Å². The maximum absolute atomic E-state index is 11.6. The Kier molecular flexibility index (Phi) is 7.41. The first-order chi connectivity index (χ1) is 10.0. The van der Waals surface area contributed by atoms with Crippen molar-refractivity contribution in [1.82, 2.24) is 10.6 Å². The lowest BCUT2D eigenvalue weighted by molar-refractivity contribution is -0.147. The minimum absolute atomic E-state index is 0.0316. The molecule has 116 valence electrons.